The number of amides is 2. The number of rotatable bonds is 6. The van der Waals surface area contributed by atoms with Crippen molar-refractivity contribution in [1.29, 1.82) is 0 Å². The minimum atomic E-state index is -0.589. The van der Waals surface area contributed by atoms with E-state index in [2.05, 4.69) is 39.5 Å². The third-order valence-corrected chi connectivity index (χ3v) is 5.33. The maximum absolute atomic E-state index is 12.1. The van der Waals surface area contributed by atoms with Crippen LogP contribution in [-0.4, -0.2) is 28.3 Å². The van der Waals surface area contributed by atoms with E-state index in [1.54, 1.807) is 18.3 Å². The van der Waals surface area contributed by atoms with Gasteiger partial charge in [0, 0.05) is 22.7 Å². The van der Waals surface area contributed by atoms with Crippen molar-refractivity contribution in [2.75, 3.05) is 17.0 Å². The Kier molecular flexibility index (Phi) is 5.29. The first-order valence-electron chi connectivity index (χ1n) is 10.4. The number of nitrogens with zero attached hydrogens (tertiary/aromatic N) is 3. The number of pyridine rings is 2. The number of nitrogens with one attached hydrogen (secondary N) is 3. The predicted octanol–water partition coefficient (Wildman–Crippen LogP) is 2.36. The van der Waals surface area contributed by atoms with Crippen LogP contribution in [0.3, 0.4) is 0 Å². The average molecular weight is 439 g/mol. The van der Waals surface area contributed by atoms with E-state index in [0.717, 1.165) is 39.2 Å². The molecule has 0 bridgehead atoms. The Balaban J connectivity index is 1.35. The molecule has 0 radical (unpaired) electrons. The highest BCUT2D eigenvalue weighted by Crippen LogP contribution is 2.31. The SMILES string of the molecule is NC(=O)CNC(=O)c1ccc(-c2ccc3c(n2)N(Cc2ccc4cccnc4c2)NN3)cc1. The fourth-order valence-electron chi connectivity index (χ4n) is 3.66. The molecule has 1 aliphatic rings. The lowest BCUT2D eigenvalue weighted by Crippen LogP contribution is -2.35. The van der Waals surface area contributed by atoms with Gasteiger partial charge in [0.1, 0.15) is 0 Å². The van der Waals surface area contributed by atoms with Gasteiger partial charge in [-0.15, -0.1) is 5.53 Å². The summed E-state index contributed by atoms with van der Waals surface area (Å²) in [7, 11) is 0. The molecule has 0 spiro atoms. The van der Waals surface area contributed by atoms with Gasteiger partial charge < -0.3 is 16.5 Å². The highest BCUT2D eigenvalue weighted by molar-refractivity contribution is 5.96. The van der Waals surface area contributed by atoms with Crippen LogP contribution in [0.1, 0.15) is 15.9 Å². The molecule has 3 heterocycles. The van der Waals surface area contributed by atoms with Crippen LogP contribution in [0.5, 0.6) is 0 Å². The highest BCUT2D eigenvalue weighted by atomic mass is 16.2. The molecule has 164 valence electrons. The summed E-state index contributed by atoms with van der Waals surface area (Å²) >= 11 is 0. The molecule has 0 unspecified atom stereocenters. The molecule has 2 aromatic carbocycles. The van der Waals surface area contributed by atoms with Crippen molar-refractivity contribution in [3.05, 3.63) is 84.1 Å². The molecule has 5 rings (SSSR count). The first kappa shape index (κ1) is 20.4. The molecular formula is C24H21N7O2. The number of hydrogen-bond acceptors (Lipinski definition) is 7. The molecule has 0 aliphatic carbocycles. The van der Waals surface area contributed by atoms with E-state index in [0.29, 0.717) is 12.1 Å². The standard InChI is InChI=1S/C24H21N7O2/c25-22(32)13-27-24(33)18-7-5-17(6-8-18)19-9-10-20-23(28-19)31(30-29-20)14-15-3-4-16-2-1-11-26-21(16)12-15/h1-12,29-30H,13-14H2,(H2,25,32)(H,27,33). The summed E-state index contributed by atoms with van der Waals surface area (Å²) in [5.41, 5.74) is 16.4. The fourth-order valence-corrected chi connectivity index (χ4v) is 3.66. The lowest BCUT2D eigenvalue weighted by atomic mass is 10.1. The summed E-state index contributed by atoms with van der Waals surface area (Å²) in [6.07, 6.45) is 1.79. The first-order chi connectivity index (χ1) is 16.1. The van der Waals surface area contributed by atoms with Crippen molar-refractivity contribution in [3.63, 3.8) is 0 Å². The molecule has 2 amide bonds. The molecule has 1 aliphatic heterocycles. The average Bonchev–Trinajstić information content (AvgIpc) is 3.24. The van der Waals surface area contributed by atoms with E-state index in [1.807, 2.05) is 41.4 Å². The molecule has 9 nitrogen and oxygen atoms in total. The van der Waals surface area contributed by atoms with Crippen LogP contribution in [0.25, 0.3) is 22.2 Å². The predicted molar refractivity (Wildman–Crippen MR) is 126 cm³/mol. The van der Waals surface area contributed by atoms with E-state index in [4.69, 9.17) is 10.7 Å². The monoisotopic (exact) mass is 439 g/mol. The maximum Gasteiger partial charge on any atom is 0.251 e. The second kappa shape index (κ2) is 8.56. The number of hydrazine groups is 2. The maximum atomic E-state index is 12.1. The molecular weight excluding hydrogens is 418 g/mol. The smallest absolute Gasteiger partial charge is 0.251 e. The Bertz CT molecular complexity index is 1350. The first-order valence-corrected chi connectivity index (χ1v) is 10.4. The van der Waals surface area contributed by atoms with E-state index in [-0.39, 0.29) is 12.5 Å². The molecule has 5 N–H and O–H groups in total. The number of anilines is 2. The fraction of sp³-hybridized carbons (Fsp3) is 0.0833. The zero-order valence-electron chi connectivity index (χ0n) is 17.6. The van der Waals surface area contributed by atoms with Gasteiger partial charge in [0.25, 0.3) is 5.91 Å². The third kappa shape index (κ3) is 4.30. The number of benzene rings is 2. The highest BCUT2D eigenvalue weighted by Gasteiger charge is 2.21. The van der Waals surface area contributed by atoms with Crippen molar-refractivity contribution >= 4 is 34.2 Å². The molecule has 9 heteroatoms. The molecule has 0 fully saturated rings. The number of fused-ring (bicyclic) bond motifs is 2. The topological polar surface area (TPSA) is 125 Å². The van der Waals surface area contributed by atoms with Crippen LogP contribution in [0, 0.1) is 0 Å². The van der Waals surface area contributed by atoms with E-state index < -0.39 is 5.91 Å². The molecule has 4 aromatic rings. The normalized spacial score (nSPS) is 12.3. The van der Waals surface area contributed by atoms with Crippen LogP contribution in [0.2, 0.25) is 0 Å². The minimum absolute atomic E-state index is 0.198. The largest absolute Gasteiger partial charge is 0.368 e. The van der Waals surface area contributed by atoms with Crippen molar-refractivity contribution in [2.24, 2.45) is 5.73 Å². The van der Waals surface area contributed by atoms with Crippen LogP contribution in [0.4, 0.5) is 11.5 Å². The van der Waals surface area contributed by atoms with Crippen molar-refractivity contribution in [2.45, 2.75) is 6.54 Å². The number of carbonyl (C=O) groups excluding carboxylic acids is 2. The van der Waals surface area contributed by atoms with Crippen LogP contribution in [0.15, 0.2) is 72.9 Å². The second-order valence-electron chi connectivity index (χ2n) is 7.65. The second-order valence-corrected chi connectivity index (χ2v) is 7.65. The van der Waals surface area contributed by atoms with Gasteiger partial charge >= 0.3 is 0 Å². The summed E-state index contributed by atoms with van der Waals surface area (Å²) in [5, 5.41) is 5.51. The quantitative estimate of drug-likeness (QED) is 0.363. The zero-order chi connectivity index (χ0) is 22.8. The Morgan fingerprint density at radius 2 is 1.88 bits per heavy atom. The zero-order valence-corrected chi connectivity index (χ0v) is 17.6. The van der Waals surface area contributed by atoms with Gasteiger partial charge in [-0.25, -0.2) is 4.98 Å². The van der Waals surface area contributed by atoms with Gasteiger partial charge in [0.2, 0.25) is 5.91 Å². The van der Waals surface area contributed by atoms with Gasteiger partial charge in [-0.1, -0.05) is 30.3 Å². The summed E-state index contributed by atoms with van der Waals surface area (Å²) in [6.45, 7) is 0.401. The molecule has 0 saturated carbocycles. The van der Waals surface area contributed by atoms with Crippen LogP contribution < -0.4 is 27.0 Å². The van der Waals surface area contributed by atoms with E-state index in [1.165, 1.54) is 0 Å². The van der Waals surface area contributed by atoms with Crippen molar-refractivity contribution in [3.8, 4) is 11.3 Å². The number of nitrogens with two attached hydrogens (primary N) is 1. The summed E-state index contributed by atoms with van der Waals surface area (Å²) in [5.74, 6) is -0.169. The van der Waals surface area contributed by atoms with Gasteiger partial charge in [0.05, 0.1) is 30.0 Å². The lowest BCUT2D eigenvalue weighted by Gasteiger charge is -2.17. The number of carbonyl (C=O) groups is 2. The van der Waals surface area contributed by atoms with Crippen molar-refractivity contribution in [1.82, 2.24) is 20.8 Å². The van der Waals surface area contributed by atoms with E-state index in [9.17, 15) is 9.59 Å². The van der Waals surface area contributed by atoms with Crippen LogP contribution >= 0.6 is 0 Å². The molecule has 2 aromatic heterocycles. The number of aromatic nitrogens is 2. The minimum Gasteiger partial charge on any atom is -0.368 e. The van der Waals surface area contributed by atoms with Gasteiger partial charge in [0.15, 0.2) is 5.82 Å². The Morgan fingerprint density at radius 1 is 1.03 bits per heavy atom. The number of hydrogen-bond donors (Lipinski definition) is 4. The molecule has 0 saturated heterocycles. The van der Waals surface area contributed by atoms with Gasteiger partial charge in [-0.2, -0.15) is 0 Å². The van der Waals surface area contributed by atoms with E-state index >= 15 is 0 Å². The van der Waals surface area contributed by atoms with Gasteiger partial charge in [-0.05, 0) is 42.0 Å². The summed E-state index contributed by atoms with van der Waals surface area (Å²) < 4.78 is 0. The Morgan fingerprint density at radius 3 is 2.70 bits per heavy atom. The molecule has 0 atom stereocenters. The Hall–Kier alpha value is -4.50. The van der Waals surface area contributed by atoms with Crippen LogP contribution in [-0.2, 0) is 11.3 Å². The lowest BCUT2D eigenvalue weighted by molar-refractivity contribution is -0.117. The molecule has 33 heavy (non-hydrogen) atoms. The summed E-state index contributed by atoms with van der Waals surface area (Å²) in [4.78, 5) is 32.2. The summed E-state index contributed by atoms with van der Waals surface area (Å²) in [6, 6.07) is 21.1. The van der Waals surface area contributed by atoms with Gasteiger partial charge in [-0.3, -0.25) is 19.6 Å². The van der Waals surface area contributed by atoms with Crippen molar-refractivity contribution < 1.29 is 9.59 Å². The Labute approximate surface area is 189 Å². The third-order valence-electron chi connectivity index (χ3n) is 5.33. The number of primary amides is 1.